The molecule has 5 heteroatoms. The Morgan fingerprint density at radius 2 is 1.68 bits per heavy atom. The molecule has 0 unspecified atom stereocenters. The van der Waals surface area contributed by atoms with Crippen LogP contribution in [0.4, 0.5) is 10.5 Å². The zero-order valence-electron chi connectivity index (χ0n) is 16.4. The first kappa shape index (κ1) is 18.8. The average molecular weight is 379 g/mol. The molecule has 2 aromatic carbocycles. The van der Waals surface area contributed by atoms with Crippen molar-refractivity contribution in [1.29, 1.82) is 0 Å². The lowest BCUT2D eigenvalue weighted by atomic mass is 10.1. The second-order valence-corrected chi connectivity index (χ2v) is 8.00. The van der Waals surface area contributed by atoms with Crippen LogP contribution in [0.15, 0.2) is 60.7 Å². The molecule has 2 N–H and O–H groups in total. The van der Waals surface area contributed by atoms with Crippen LogP contribution in [0.25, 0.3) is 0 Å². The Kier molecular flexibility index (Phi) is 6.12. The lowest BCUT2D eigenvalue weighted by molar-refractivity contribution is 0.234. The highest BCUT2D eigenvalue weighted by Crippen LogP contribution is 2.23. The van der Waals surface area contributed by atoms with E-state index in [9.17, 15) is 4.79 Å². The molecule has 0 saturated carbocycles. The number of nitrogens with zero attached hydrogens (tertiary/aromatic N) is 2. The molecule has 4 rings (SSSR count). The van der Waals surface area contributed by atoms with Crippen LogP contribution in [-0.2, 0) is 6.54 Å². The topological polar surface area (TPSA) is 47.6 Å². The lowest BCUT2D eigenvalue weighted by Gasteiger charge is -2.19. The predicted octanol–water partition coefficient (Wildman–Crippen LogP) is 3.09. The smallest absolute Gasteiger partial charge is 0.315 e. The number of hydrogen-bond acceptors (Lipinski definition) is 3. The molecule has 2 atom stereocenters. The summed E-state index contributed by atoms with van der Waals surface area (Å²) >= 11 is 0. The first-order valence-corrected chi connectivity index (χ1v) is 10.4. The van der Waals surface area contributed by atoms with Crippen LogP contribution in [0.2, 0.25) is 0 Å². The molecular formula is C23H30N4O. The van der Waals surface area contributed by atoms with Crippen LogP contribution in [0, 0.1) is 5.92 Å². The minimum Gasteiger partial charge on any atom is -0.371 e. The first-order valence-electron chi connectivity index (χ1n) is 10.4. The van der Waals surface area contributed by atoms with Gasteiger partial charge in [0.15, 0.2) is 0 Å². The molecule has 2 amide bonds. The maximum absolute atomic E-state index is 12.3. The molecule has 2 heterocycles. The van der Waals surface area contributed by atoms with Crippen LogP contribution < -0.4 is 15.5 Å². The molecule has 0 bridgehead atoms. The zero-order chi connectivity index (χ0) is 19.2. The summed E-state index contributed by atoms with van der Waals surface area (Å²) in [5.41, 5.74) is 2.61. The van der Waals surface area contributed by atoms with Crippen molar-refractivity contribution >= 4 is 11.7 Å². The van der Waals surface area contributed by atoms with Crippen molar-refractivity contribution in [1.82, 2.24) is 15.5 Å². The van der Waals surface area contributed by atoms with Crippen molar-refractivity contribution in [3.8, 4) is 0 Å². The Morgan fingerprint density at radius 3 is 2.46 bits per heavy atom. The van der Waals surface area contributed by atoms with Crippen LogP contribution in [0.3, 0.4) is 0 Å². The van der Waals surface area contributed by atoms with E-state index >= 15 is 0 Å². The van der Waals surface area contributed by atoms with Crippen molar-refractivity contribution in [3.05, 3.63) is 66.2 Å². The highest BCUT2D eigenvalue weighted by molar-refractivity contribution is 5.74. The third-order valence-electron chi connectivity index (χ3n) is 5.82. The summed E-state index contributed by atoms with van der Waals surface area (Å²) in [5, 5.41) is 6.25. The van der Waals surface area contributed by atoms with Gasteiger partial charge in [0.25, 0.3) is 0 Å². The van der Waals surface area contributed by atoms with E-state index in [1.165, 1.54) is 11.3 Å². The molecule has 28 heavy (non-hydrogen) atoms. The minimum atomic E-state index is -0.0234. The second kappa shape index (κ2) is 9.11. The van der Waals surface area contributed by atoms with Gasteiger partial charge in [-0.1, -0.05) is 48.5 Å². The van der Waals surface area contributed by atoms with E-state index in [1.54, 1.807) is 0 Å². The third kappa shape index (κ3) is 5.04. The number of nitrogens with one attached hydrogen (secondary N) is 2. The third-order valence-corrected chi connectivity index (χ3v) is 5.82. The summed E-state index contributed by atoms with van der Waals surface area (Å²) in [4.78, 5) is 17.1. The second-order valence-electron chi connectivity index (χ2n) is 8.00. The average Bonchev–Trinajstić information content (AvgIpc) is 3.38. The number of carbonyl (C=O) groups excluding carboxylic acids is 1. The molecule has 2 aromatic rings. The largest absolute Gasteiger partial charge is 0.371 e. The highest BCUT2D eigenvalue weighted by Gasteiger charge is 2.25. The van der Waals surface area contributed by atoms with Gasteiger partial charge in [0.1, 0.15) is 0 Å². The molecule has 5 nitrogen and oxygen atoms in total. The fraction of sp³-hybridized carbons (Fsp3) is 0.435. The van der Waals surface area contributed by atoms with Gasteiger partial charge in [-0.3, -0.25) is 4.90 Å². The number of benzene rings is 2. The molecule has 2 aliphatic heterocycles. The Morgan fingerprint density at radius 1 is 0.929 bits per heavy atom. The van der Waals surface area contributed by atoms with Crippen LogP contribution in [0.5, 0.6) is 0 Å². The number of anilines is 1. The quantitative estimate of drug-likeness (QED) is 0.812. The number of amides is 2. The monoisotopic (exact) mass is 378 g/mol. The van der Waals surface area contributed by atoms with Gasteiger partial charge >= 0.3 is 6.03 Å². The van der Waals surface area contributed by atoms with E-state index in [2.05, 4.69) is 69.0 Å². The molecule has 2 fully saturated rings. The molecule has 0 aliphatic carbocycles. The van der Waals surface area contributed by atoms with Crippen molar-refractivity contribution in [3.63, 3.8) is 0 Å². The van der Waals surface area contributed by atoms with Crippen LogP contribution >= 0.6 is 0 Å². The van der Waals surface area contributed by atoms with Crippen molar-refractivity contribution < 1.29 is 4.79 Å². The molecular weight excluding hydrogens is 348 g/mol. The van der Waals surface area contributed by atoms with E-state index in [0.717, 1.165) is 52.1 Å². The van der Waals surface area contributed by atoms with Crippen LogP contribution in [0.1, 0.15) is 18.4 Å². The van der Waals surface area contributed by atoms with E-state index < -0.39 is 0 Å². The number of rotatable bonds is 6. The van der Waals surface area contributed by atoms with Gasteiger partial charge < -0.3 is 15.5 Å². The summed E-state index contributed by atoms with van der Waals surface area (Å²) in [5.74, 6) is 0.518. The number of para-hydroxylation sites is 1. The van der Waals surface area contributed by atoms with Gasteiger partial charge in [0, 0.05) is 51.0 Å². The van der Waals surface area contributed by atoms with Crippen LogP contribution in [-0.4, -0.2) is 49.7 Å². The predicted molar refractivity (Wildman–Crippen MR) is 113 cm³/mol. The molecule has 2 aliphatic rings. The summed E-state index contributed by atoms with van der Waals surface area (Å²) in [6.45, 7) is 5.74. The standard InChI is InChI=1S/C23H30N4O/c28-23(24-15-20-11-14-27(17-20)22-9-5-2-6-10-22)25-21-12-13-26(18-21)16-19-7-3-1-4-8-19/h1-10,20-21H,11-18H2,(H2,24,25,28)/t20-,21-/m0/s1. The van der Waals surface area contributed by atoms with Gasteiger partial charge in [-0.15, -0.1) is 0 Å². The number of urea groups is 1. The van der Waals surface area contributed by atoms with E-state index in [0.29, 0.717) is 5.92 Å². The molecule has 0 aromatic heterocycles. The number of hydrogen-bond donors (Lipinski definition) is 2. The Bertz CT molecular complexity index is 752. The Hall–Kier alpha value is -2.53. The number of likely N-dealkylation sites (tertiary alicyclic amines) is 1. The molecule has 0 radical (unpaired) electrons. The summed E-state index contributed by atoms with van der Waals surface area (Å²) in [6.07, 6.45) is 2.15. The summed E-state index contributed by atoms with van der Waals surface area (Å²) < 4.78 is 0. The van der Waals surface area contributed by atoms with Gasteiger partial charge in [-0.2, -0.15) is 0 Å². The fourth-order valence-electron chi connectivity index (χ4n) is 4.28. The molecule has 148 valence electrons. The van der Waals surface area contributed by atoms with Crippen molar-refractivity contribution in [2.75, 3.05) is 37.6 Å². The first-order chi connectivity index (χ1) is 13.8. The highest BCUT2D eigenvalue weighted by atomic mass is 16.2. The summed E-state index contributed by atoms with van der Waals surface area (Å²) in [6, 6.07) is 21.3. The lowest BCUT2D eigenvalue weighted by Crippen LogP contribution is -2.44. The number of carbonyl (C=O) groups is 1. The molecule has 2 saturated heterocycles. The van der Waals surface area contributed by atoms with E-state index in [1.807, 2.05) is 12.1 Å². The Labute approximate surface area is 167 Å². The van der Waals surface area contributed by atoms with Gasteiger partial charge in [-0.25, -0.2) is 4.79 Å². The van der Waals surface area contributed by atoms with Gasteiger partial charge in [-0.05, 0) is 36.5 Å². The van der Waals surface area contributed by atoms with Crippen molar-refractivity contribution in [2.24, 2.45) is 5.92 Å². The fourth-order valence-corrected chi connectivity index (χ4v) is 4.28. The van der Waals surface area contributed by atoms with Crippen molar-refractivity contribution in [2.45, 2.75) is 25.4 Å². The van der Waals surface area contributed by atoms with E-state index in [-0.39, 0.29) is 12.1 Å². The zero-order valence-corrected chi connectivity index (χ0v) is 16.4. The maximum atomic E-state index is 12.3. The van der Waals surface area contributed by atoms with Gasteiger partial charge in [0.2, 0.25) is 0 Å². The van der Waals surface area contributed by atoms with Gasteiger partial charge in [0.05, 0.1) is 0 Å². The normalized spacial score (nSPS) is 22.4. The minimum absolute atomic E-state index is 0.0234. The Balaban J connectivity index is 1.15. The van der Waals surface area contributed by atoms with E-state index in [4.69, 9.17) is 0 Å². The SMILES string of the molecule is O=C(NC[C@@H]1CCN(c2ccccc2)C1)N[C@H]1CCN(Cc2ccccc2)C1. The summed E-state index contributed by atoms with van der Waals surface area (Å²) in [7, 11) is 0. The molecule has 0 spiro atoms. The maximum Gasteiger partial charge on any atom is 0.315 e.